The molecule has 0 radical (unpaired) electrons. The van der Waals surface area contributed by atoms with E-state index in [1.165, 1.54) is 32.0 Å². The van der Waals surface area contributed by atoms with Gasteiger partial charge in [0.15, 0.2) is 11.6 Å². The third kappa shape index (κ3) is 3.02. The Hall–Kier alpha value is -2.02. The molecule has 0 spiro atoms. The van der Waals surface area contributed by atoms with Gasteiger partial charge in [-0.2, -0.15) is 0 Å². The lowest BCUT2D eigenvalue weighted by atomic mass is 10.1. The van der Waals surface area contributed by atoms with Gasteiger partial charge in [0.25, 0.3) is 5.69 Å². The van der Waals surface area contributed by atoms with Gasteiger partial charge < -0.3 is 4.74 Å². The van der Waals surface area contributed by atoms with Crippen molar-refractivity contribution in [2.24, 2.45) is 0 Å². The molecule has 0 aromatic heterocycles. The fraction of sp³-hybridized carbons (Fsp3) is 0.143. The molecule has 0 saturated carbocycles. The van der Waals surface area contributed by atoms with E-state index < -0.39 is 16.6 Å². The minimum absolute atomic E-state index is 0.114. The second-order valence-electron chi connectivity index (χ2n) is 4.39. The van der Waals surface area contributed by atoms with Crippen molar-refractivity contribution in [2.75, 3.05) is 0 Å². The summed E-state index contributed by atoms with van der Waals surface area (Å²) in [7, 11) is 0. The molecule has 2 aromatic rings. The highest BCUT2D eigenvalue weighted by molar-refractivity contribution is 9.10. The first-order valence-electron chi connectivity index (χ1n) is 5.88. The van der Waals surface area contributed by atoms with E-state index in [9.17, 15) is 18.9 Å². The third-order valence-corrected chi connectivity index (χ3v) is 3.68. The predicted molar refractivity (Wildman–Crippen MR) is 76.7 cm³/mol. The van der Waals surface area contributed by atoms with Crippen LogP contribution in [-0.2, 0) is 0 Å². The number of hydrogen-bond acceptors (Lipinski definition) is 3. The maximum absolute atomic E-state index is 14.0. The zero-order valence-electron chi connectivity index (χ0n) is 11.1. The van der Waals surface area contributed by atoms with Gasteiger partial charge in [0.2, 0.25) is 0 Å². The number of benzene rings is 2. The normalized spacial score (nSPS) is 10.5. The Kier molecular flexibility index (Phi) is 4.22. The zero-order chi connectivity index (χ0) is 15.7. The second-order valence-corrected chi connectivity index (χ2v) is 5.25. The van der Waals surface area contributed by atoms with E-state index in [1.807, 2.05) is 0 Å². The van der Waals surface area contributed by atoms with E-state index in [0.29, 0.717) is 11.1 Å². The highest BCUT2D eigenvalue weighted by atomic mass is 79.9. The van der Waals surface area contributed by atoms with Crippen LogP contribution in [0.1, 0.15) is 11.1 Å². The molecule has 4 nitrogen and oxygen atoms in total. The quantitative estimate of drug-likeness (QED) is 0.570. The van der Waals surface area contributed by atoms with Crippen molar-refractivity contribution in [3.63, 3.8) is 0 Å². The van der Waals surface area contributed by atoms with Gasteiger partial charge in [-0.1, -0.05) is 0 Å². The van der Waals surface area contributed by atoms with E-state index in [1.54, 1.807) is 0 Å². The fourth-order valence-corrected chi connectivity index (χ4v) is 2.17. The van der Waals surface area contributed by atoms with Crippen LogP contribution in [0.3, 0.4) is 0 Å². The maximum Gasteiger partial charge on any atom is 0.275 e. The van der Waals surface area contributed by atoms with Crippen molar-refractivity contribution in [3.05, 3.63) is 61.6 Å². The lowest BCUT2D eigenvalue weighted by molar-refractivity contribution is -0.385. The van der Waals surface area contributed by atoms with E-state index in [-0.39, 0.29) is 21.7 Å². The highest BCUT2D eigenvalue weighted by Crippen LogP contribution is 2.35. The Labute approximate surface area is 127 Å². The average Bonchev–Trinajstić information content (AvgIpc) is 2.42. The summed E-state index contributed by atoms with van der Waals surface area (Å²) in [6.07, 6.45) is 0. The van der Waals surface area contributed by atoms with Crippen LogP contribution < -0.4 is 4.74 Å². The third-order valence-electron chi connectivity index (χ3n) is 3.08. The van der Waals surface area contributed by atoms with Crippen molar-refractivity contribution < 1.29 is 18.4 Å². The Morgan fingerprint density at radius 1 is 1.14 bits per heavy atom. The summed E-state index contributed by atoms with van der Waals surface area (Å²) < 4.78 is 32.7. The molecule has 0 N–H and O–H groups in total. The molecule has 21 heavy (non-hydrogen) atoms. The zero-order valence-corrected chi connectivity index (χ0v) is 12.7. The van der Waals surface area contributed by atoms with E-state index >= 15 is 0 Å². The lowest BCUT2D eigenvalue weighted by Crippen LogP contribution is -2.00. The average molecular weight is 358 g/mol. The molecule has 7 heteroatoms. The van der Waals surface area contributed by atoms with Crippen molar-refractivity contribution in [3.8, 4) is 11.5 Å². The van der Waals surface area contributed by atoms with Crippen molar-refractivity contribution >= 4 is 21.6 Å². The summed E-state index contributed by atoms with van der Waals surface area (Å²) in [4.78, 5) is 10.2. The van der Waals surface area contributed by atoms with Gasteiger partial charge in [-0.25, -0.2) is 8.78 Å². The second kappa shape index (κ2) is 5.77. The minimum Gasteiger partial charge on any atom is -0.454 e. The first kappa shape index (κ1) is 15.4. The van der Waals surface area contributed by atoms with E-state index in [2.05, 4.69) is 15.9 Å². The van der Waals surface area contributed by atoms with Crippen LogP contribution in [0.25, 0.3) is 0 Å². The molecular formula is C14H10BrF2NO3. The van der Waals surface area contributed by atoms with Gasteiger partial charge in [0.1, 0.15) is 11.6 Å². The number of nitro benzene ring substituents is 1. The molecule has 0 aliphatic heterocycles. The summed E-state index contributed by atoms with van der Waals surface area (Å²) in [6, 6.07) is 4.68. The SMILES string of the molecule is Cc1c([N+](=O)[O-])cc(F)c(Oc2ccc(F)c(Br)c2)c1C. The molecule has 2 aromatic carbocycles. The smallest absolute Gasteiger partial charge is 0.275 e. The molecule has 110 valence electrons. The standard InChI is InChI=1S/C14H10BrF2NO3/c1-7-8(2)14(12(17)6-13(7)18(19)20)21-9-3-4-11(16)10(15)5-9/h3-6H,1-2H3. The summed E-state index contributed by atoms with van der Waals surface area (Å²) in [6.45, 7) is 3.04. The highest BCUT2D eigenvalue weighted by Gasteiger charge is 2.21. The van der Waals surface area contributed by atoms with Gasteiger partial charge in [0.05, 0.1) is 15.5 Å². The summed E-state index contributed by atoms with van der Waals surface area (Å²) in [5.74, 6) is -1.21. The maximum atomic E-state index is 14.0. The summed E-state index contributed by atoms with van der Waals surface area (Å²) in [5, 5.41) is 10.8. The van der Waals surface area contributed by atoms with Gasteiger partial charge in [0, 0.05) is 11.1 Å². The Balaban J connectivity index is 2.47. The van der Waals surface area contributed by atoms with Crippen LogP contribution in [0.4, 0.5) is 14.5 Å². The van der Waals surface area contributed by atoms with Crippen LogP contribution in [0.2, 0.25) is 0 Å². The van der Waals surface area contributed by atoms with Crippen LogP contribution in [0.5, 0.6) is 11.5 Å². The van der Waals surface area contributed by atoms with Crippen LogP contribution in [-0.4, -0.2) is 4.92 Å². The summed E-state index contributed by atoms with van der Waals surface area (Å²) >= 11 is 3.00. The molecule has 0 bridgehead atoms. The van der Waals surface area contributed by atoms with Gasteiger partial charge >= 0.3 is 0 Å². The molecule has 0 saturated heterocycles. The molecule has 0 unspecified atom stereocenters. The lowest BCUT2D eigenvalue weighted by Gasteiger charge is -2.12. The Bertz CT molecular complexity index is 735. The molecular weight excluding hydrogens is 348 g/mol. The van der Waals surface area contributed by atoms with Gasteiger partial charge in [-0.3, -0.25) is 10.1 Å². The molecule has 0 amide bonds. The Morgan fingerprint density at radius 2 is 1.81 bits per heavy atom. The van der Waals surface area contributed by atoms with Crippen LogP contribution in [0, 0.1) is 35.6 Å². The molecule has 2 rings (SSSR count). The van der Waals surface area contributed by atoms with Gasteiger partial charge in [-0.15, -0.1) is 0 Å². The minimum atomic E-state index is -0.842. The topological polar surface area (TPSA) is 52.4 Å². The fourth-order valence-electron chi connectivity index (χ4n) is 1.81. The number of ether oxygens (including phenoxy) is 1. The first-order chi connectivity index (χ1) is 9.81. The van der Waals surface area contributed by atoms with Gasteiger partial charge in [-0.05, 0) is 48.0 Å². The number of rotatable bonds is 3. The largest absolute Gasteiger partial charge is 0.454 e. The molecule has 0 heterocycles. The van der Waals surface area contributed by atoms with E-state index in [4.69, 9.17) is 4.74 Å². The Morgan fingerprint density at radius 3 is 2.38 bits per heavy atom. The van der Waals surface area contributed by atoms with E-state index in [0.717, 1.165) is 6.07 Å². The molecule has 0 aliphatic rings. The molecule has 0 atom stereocenters. The number of hydrogen-bond donors (Lipinski definition) is 0. The monoisotopic (exact) mass is 357 g/mol. The van der Waals surface area contributed by atoms with Crippen LogP contribution >= 0.6 is 15.9 Å². The first-order valence-corrected chi connectivity index (χ1v) is 6.67. The number of nitrogens with zero attached hydrogens (tertiary/aromatic N) is 1. The summed E-state index contributed by atoms with van der Waals surface area (Å²) in [5.41, 5.74) is 0.331. The van der Waals surface area contributed by atoms with Crippen molar-refractivity contribution in [1.29, 1.82) is 0 Å². The predicted octanol–water partition coefficient (Wildman–Crippen LogP) is 5.04. The molecule has 0 aliphatic carbocycles. The molecule has 0 fully saturated rings. The number of halogens is 3. The van der Waals surface area contributed by atoms with Crippen molar-refractivity contribution in [2.45, 2.75) is 13.8 Å². The number of nitro groups is 1. The van der Waals surface area contributed by atoms with Crippen molar-refractivity contribution in [1.82, 2.24) is 0 Å². The van der Waals surface area contributed by atoms with Crippen LogP contribution in [0.15, 0.2) is 28.7 Å².